The van der Waals surface area contributed by atoms with E-state index in [1.54, 1.807) is 7.05 Å². The van der Waals surface area contributed by atoms with E-state index in [1.807, 2.05) is 35.2 Å². The van der Waals surface area contributed by atoms with Gasteiger partial charge < -0.3 is 19.5 Å². The number of hydrogen-bond acceptors (Lipinski definition) is 6. The van der Waals surface area contributed by atoms with Gasteiger partial charge in [0.25, 0.3) is 5.56 Å². The molecule has 1 fully saturated rings. The molecule has 2 heterocycles. The Morgan fingerprint density at radius 3 is 2.60 bits per heavy atom. The van der Waals surface area contributed by atoms with Gasteiger partial charge in [0, 0.05) is 20.1 Å². The lowest BCUT2D eigenvalue weighted by atomic mass is 10.2. The van der Waals surface area contributed by atoms with E-state index in [0.29, 0.717) is 32.3 Å². The molecule has 0 aliphatic carbocycles. The van der Waals surface area contributed by atoms with E-state index < -0.39 is 11.5 Å². The molecular formula is C17H19N3O5. The fourth-order valence-corrected chi connectivity index (χ4v) is 2.62. The van der Waals surface area contributed by atoms with Crippen LogP contribution in [0.3, 0.4) is 0 Å². The molecule has 8 heteroatoms. The molecule has 8 nitrogen and oxygen atoms in total. The molecule has 0 spiro atoms. The van der Waals surface area contributed by atoms with Crippen molar-refractivity contribution in [2.24, 2.45) is 7.05 Å². The summed E-state index contributed by atoms with van der Waals surface area (Å²) in [7, 11) is 1.56. The van der Waals surface area contributed by atoms with E-state index in [0.717, 1.165) is 5.56 Å². The number of rotatable bonds is 5. The van der Waals surface area contributed by atoms with Crippen LogP contribution in [0.1, 0.15) is 16.1 Å². The number of morpholine rings is 1. The lowest BCUT2D eigenvalue weighted by Gasteiger charge is -2.29. The van der Waals surface area contributed by atoms with Gasteiger partial charge in [-0.2, -0.15) is 0 Å². The van der Waals surface area contributed by atoms with Crippen LogP contribution in [0, 0.1) is 0 Å². The number of hydrogen-bond donors (Lipinski definition) is 1. The Hall–Kier alpha value is -2.87. The number of ether oxygens (including phenoxy) is 2. The number of anilines is 1. The zero-order valence-electron chi connectivity index (χ0n) is 13.8. The van der Waals surface area contributed by atoms with Crippen LogP contribution in [-0.4, -0.2) is 46.9 Å². The number of carboxylic acids is 1. The van der Waals surface area contributed by atoms with E-state index >= 15 is 0 Å². The SMILES string of the molecule is Cn1c(N2CCOCC2)nc(C(=O)O)c(OCc2ccccc2)c1=O. The molecule has 3 rings (SSSR count). The summed E-state index contributed by atoms with van der Waals surface area (Å²) in [5.41, 5.74) is -0.0662. The first kappa shape index (κ1) is 17.0. The molecule has 1 saturated heterocycles. The van der Waals surface area contributed by atoms with Crippen molar-refractivity contribution >= 4 is 11.9 Å². The van der Waals surface area contributed by atoms with Gasteiger partial charge >= 0.3 is 5.97 Å². The van der Waals surface area contributed by atoms with Gasteiger partial charge in [0.1, 0.15) is 6.61 Å². The second kappa shape index (κ2) is 7.35. The van der Waals surface area contributed by atoms with Crippen LogP contribution in [0.4, 0.5) is 5.95 Å². The third-order valence-electron chi connectivity index (χ3n) is 3.95. The van der Waals surface area contributed by atoms with Crippen molar-refractivity contribution in [2.75, 3.05) is 31.2 Å². The Labute approximate surface area is 144 Å². The van der Waals surface area contributed by atoms with E-state index in [4.69, 9.17) is 9.47 Å². The molecule has 1 aliphatic rings. The second-order valence-corrected chi connectivity index (χ2v) is 5.63. The van der Waals surface area contributed by atoms with Crippen molar-refractivity contribution in [1.82, 2.24) is 9.55 Å². The average Bonchev–Trinajstić information content (AvgIpc) is 2.64. The molecule has 0 unspecified atom stereocenters. The summed E-state index contributed by atoms with van der Waals surface area (Å²) in [6.45, 7) is 2.19. The maximum Gasteiger partial charge on any atom is 0.358 e. The minimum Gasteiger partial charge on any atom is -0.481 e. The Kier molecular flexibility index (Phi) is 4.99. The van der Waals surface area contributed by atoms with Crippen molar-refractivity contribution in [3.05, 3.63) is 51.9 Å². The van der Waals surface area contributed by atoms with Crippen LogP contribution in [0.15, 0.2) is 35.1 Å². The molecule has 0 atom stereocenters. The lowest BCUT2D eigenvalue weighted by molar-refractivity contribution is 0.0683. The molecule has 1 N–H and O–H groups in total. The Balaban J connectivity index is 1.95. The van der Waals surface area contributed by atoms with Crippen LogP contribution >= 0.6 is 0 Å². The van der Waals surface area contributed by atoms with Gasteiger partial charge in [0.2, 0.25) is 11.7 Å². The number of nitrogens with zero attached hydrogens (tertiary/aromatic N) is 3. The number of benzene rings is 1. The summed E-state index contributed by atoms with van der Waals surface area (Å²) < 4.78 is 12.1. The maximum absolute atomic E-state index is 12.7. The molecule has 0 amide bonds. The minimum atomic E-state index is -1.30. The number of aromatic carboxylic acids is 1. The van der Waals surface area contributed by atoms with Crippen LogP contribution in [0.2, 0.25) is 0 Å². The summed E-state index contributed by atoms with van der Waals surface area (Å²) >= 11 is 0. The Morgan fingerprint density at radius 2 is 1.96 bits per heavy atom. The summed E-state index contributed by atoms with van der Waals surface area (Å²) in [5.74, 6) is -1.25. The van der Waals surface area contributed by atoms with Crippen molar-refractivity contribution in [3.8, 4) is 5.75 Å². The number of carboxylic acid groups (broad SMARTS) is 1. The fourth-order valence-electron chi connectivity index (χ4n) is 2.62. The van der Waals surface area contributed by atoms with Gasteiger partial charge in [0.05, 0.1) is 13.2 Å². The van der Waals surface area contributed by atoms with Gasteiger partial charge in [-0.15, -0.1) is 0 Å². The minimum absolute atomic E-state index is 0.0922. The zero-order chi connectivity index (χ0) is 17.8. The highest BCUT2D eigenvalue weighted by Crippen LogP contribution is 2.18. The van der Waals surface area contributed by atoms with Crippen LogP contribution in [0.5, 0.6) is 5.75 Å². The predicted octanol–water partition coefficient (Wildman–Crippen LogP) is 0.894. The van der Waals surface area contributed by atoms with E-state index in [9.17, 15) is 14.7 Å². The molecule has 2 aromatic rings. The van der Waals surface area contributed by atoms with E-state index in [1.165, 1.54) is 4.57 Å². The highest BCUT2D eigenvalue weighted by atomic mass is 16.5. The summed E-state index contributed by atoms with van der Waals surface area (Å²) in [6, 6.07) is 9.22. The van der Waals surface area contributed by atoms with Gasteiger partial charge in [-0.25, -0.2) is 9.78 Å². The fraction of sp³-hybridized carbons (Fsp3) is 0.353. The zero-order valence-corrected chi connectivity index (χ0v) is 13.8. The Morgan fingerprint density at radius 1 is 1.28 bits per heavy atom. The summed E-state index contributed by atoms with van der Waals surface area (Å²) in [5, 5.41) is 9.47. The van der Waals surface area contributed by atoms with Crippen molar-refractivity contribution < 1.29 is 19.4 Å². The van der Waals surface area contributed by atoms with Gasteiger partial charge in [-0.1, -0.05) is 30.3 Å². The molecule has 1 aromatic carbocycles. The van der Waals surface area contributed by atoms with Gasteiger partial charge in [-0.05, 0) is 5.56 Å². The molecule has 1 aliphatic heterocycles. The summed E-state index contributed by atoms with van der Waals surface area (Å²) in [4.78, 5) is 30.3. The van der Waals surface area contributed by atoms with Gasteiger partial charge in [0.15, 0.2) is 5.69 Å². The first-order valence-electron chi connectivity index (χ1n) is 7.91. The third kappa shape index (κ3) is 3.63. The van der Waals surface area contributed by atoms with Crippen LogP contribution in [0.25, 0.3) is 0 Å². The lowest BCUT2D eigenvalue weighted by Crippen LogP contribution is -2.41. The monoisotopic (exact) mass is 345 g/mol. The average molecular weight is 345 g/mol. The normalized spacial score (nSPS) is 14.4. The molecular weight excluding hydrogens is 326 g/mol. The first-order chi connectivity index (χ1) is 12.1. The predicted molar refractivity (Wildman–Crippen MR) is 90.2 cm³/mol. The Bertz CT molecular complexity index is 813. The smallest absolute Gasteiger partial charge is 0.358 e. The van der Waals surface area contributed by atoms with Crippen LogP contribution in [-0.2, 0) is 18.4 Å². The topological polar surface area (TPSA) is 93.9 Å². The highest BCUT2D eigenvalue weighted by Gasteiger charge is 2.25. The molecule has 0 bridgehead atoms. The van der Waals surface area contributed by atoms with Crippen molar-refractivity contribution in [3.63, 3.8) is 0 Å². The van der Waals surface area contributed by atoms with Crippen molar-refractivity contribution in [2.45, 2.75) is 6.61 Å². The molecule has 132 valence electrons. The molecule has 25 heavy (non-hydrogen) atoms. The maximum atomic E-state index is 12.7. The highest BCUT2D eigenvalue weighted by molar-refractivity contribution is 5.88. The molecule has 0 radical (unpaired) electrons. The quantitative estimate of drug-likeness (QED) is 0.860. The van der Waals surface area contributed by atoms with Gasteiger partial charge in [-0.3, -0.25) is 9.36 Å². The summed E-state index contributed by atoms with van der Waals surface area (Å²) in [6.07, 6.45) is 0. The third-order valence-corrected chi connectivity index (χ3v) is 3.95. The number of carbonyl (C=O) groups is 1. The van der Waals surface area contributed by atoms with Crippen molar-refractivity contribution in [1.29, 1.82) is 0 Å². The largest absolute Gasteiger partial charge is 0.481 e. The van der Waals surface area contributed by atoms with E-state index in [2.05, 4.69) is 4.98 Å². The second-order valence-electron chi connectivity index (χ2n) is 5.63. The first-order valence-corrected chi connectivity index (χ1v) is 7.91. The molecule has 0 saturated carbocycles. The number of aromatic nitrogens is 2. The van der Waals surface area contributed by atoms with Crippen LogP contribution < -0.4 is 15.2 Å². The standard InChI is InChI=1S/C17H19N3O5/c1-19-15(21)14(25-11-12-5-3-2-4-6-12)13(16(22)23)18-17(19)20-7-9-24-10-8-20/h2-6H,7-11H2,1H3,(H,22,23). The molecule has 1 aromatic heterocycles. The van der Waals surface area contributed by atoms with E-state index in [-0.39, 0.29) is 18.1 Å².